The number of benzene rings is 1. The molecule has 1 aliphatic heterocycles. The molecule has 0 bridgehead atoms. The quantitative estimate of drug-likeness (QED) is 0.585. The van der Waals surface area contributed by atoms with E-state index in [1.807, 2.05) is 6.92 Å². The smallest absolute Gasteiger partial charge is 0.273 e. The molecule has 0 unspecified atom stereocenters. The van der Waals surface area contributed by atoms with Crippen LogP contribution in [0.15, 0.2) is 35.4 Å². The summed E-state index contributed by atoms with van der Waals surface area (Å²) in [5.74, 6) is -0.740. The average molecular weight is 459 g/mol. The molecule has 0 saturated carbocycles. The number of hydrogen-bond acceptors (Lipinski definition) is 7. The Morgan fingerprint density at radius 3 is 2.62 bits per heavy atom. The second kappa shape index (κ2) is 9.43. The fourth-order valence-corrected chi connectivity index (χ4v) is 4.64. The van der Waals surface area contributed by atoms with E-state index >= 15 is 0 Å². The lowest BCUT2D eigenvalue weighted by Crippen LogP contribution is -2.40. The lowest BCUT2D eigenvalue weighted by atomic mass is 9.96. The van der Waals surface area contributed by atoms with Crippen molar-refractivity contribution < 1.29 is 14.0 Å². The predicted octanol–water partition coefficient (Wildman–Crippen LogP) is 1.98. The van der Waals surface area contributed by atoms with Crippen LogP contribution in [0.5, 0.6) is 0 Å². The number of carbonyl (C=O) groups is 2. The van der Waals surface area contributed by atoms with Gasteiger partial charge in [-0.25, -0.2) is 9.37 Å². The molecule has 0 atom stereocenters. The number of nitrogens with one attached hydrogen (secondary N) is 2. The van der Waals surface area contributed by atoms with Crippen molar-refractivity contribution in [2.45, 2.75) is 26.3 Å². The van der Waals surface area contributed by atoms with E-state index in [0.29, 0.717) is 40.8 Å². The van der Waals surface area contributed by atoms with Gasteiger partial charge >= 0.3 is 0 Å². The minimum atomic E-state index is -0.419. The van der Waals surface area contributed by atoms with Gasteiger partial charge in [0.1, 0.15) is 23.4 Å². The van der Waals surface area contributed by atoms with E-state index in [9.17, 15) is 18.8 Å². The normalized spacial score (nSPS) is 14.5. The second-order valence-corrected chi connectivity index (χ2v) is 8.52. The lowest BCUT2D eigenvalue weighted by molar-refractivity contribution is -0.125. The Morgan fingerprint density at radius 2 is 1.94 bits per heavy atom. The molecule has 11 heteroatoms. The van der Waals surface area contributed by atoms with Crippen molar-refractivity contribution in [1.82, 2.24) is 19.9 Å². The van der Waals surface area contributed by atoms with E-state index in [-0.39, 0.29) is 23.9 Å². The Labute approximate surface area is 187 Å². The number of fused-ring (bicyclic) bond motifs is 1. The van der Waals surface area contributed by atoms with Crippen LogP contribution in [0.4, 0.5) is 15.2 Å². The van der Waals surface area contributed by atoms with Gasteiger partial charge in [0.25, 0.3) is 5.56 Å². The summed E-state index contributed by atoms with van der Waals surface area (Å²) in [5, 5.41) is 6.18. The third-order valence-corrected chi connectivity index (χ3v) is 6.40. The SMILES string of the molecule is CCNC(=O)C1CCN(c2nc3ncn(CC(=O)Nc4ccc(F)cc4)c(=O)c3s2)CC1. The average Bonchev–Trinajstić information content (AvgIpc) is 3.23. The molecule has 1 aromatic carbocycles. The number of piperidine rings is 1. The zero-order valence-corrected chi connectivity index (χ0v) is 18.3. The van der Waals surface area contributed by atoms with Crippen molar-refractivity contribution >= 4 is 44.3 Å². The van der Waals surface area contributed by atoms with Crippen LogP contribution in [0.1, 0.15) is 19.8 Å². The van der Waals surface area contributed by atoms with E-state index in [2.05, 4.69) is 25.5 Å². The van der Waals surface area contributed by atoms with Crippen molar-refractivity contribution in [3.05, 3.63) is 46.8 Å². The van der Waals surface area contributed by atoms with Gasteiger partial charge in [0.15, 0.2) is 10.8 Å². The third-order valence-electron chi connectivity index (χ3n) is 5.30. The highest BCUT2D eigenvalue weighted by Gasteiger charge is 2.26. The summed E-state index contributed by atoms with van der Waals surface area (Å²) in [7, 11) is 0. The number of anilines is 2. The summed E-state index contributed by atoms with van der Waals surface area (Å²) in [6.07, 6.45) is 2.76. The summed E-state index contributed by atoms with van der Waals surface area (Å²) < 4.78 is 14.6. The minimum Gasteiger partial charge on any atom is -0.356 e. The van der Waals surface area contributed by atoms with E-state index in [1.54, 1.807) is 0 Å². The van der Waals surface area contributed by atoms with Gasteiger partial charge in [-0.3, -0.25) is 19.0 Å². The summed E-state index contributed by atoms with van der Waals surface area (Å²) in [4.78, 5) is 48.0. The van der Waals surface area contributed by atoms with Crippen molar-refractivity contribution in [1.29, 1.82) is 0 Å². The number of thiazole rings is 1. The largest absolute Gasteiger partial charge is 0.356 e. The Morgan fingerprint density at radius 1 is 1.22 bits per heavy atom. The van der Waals surface area contributed by atoms with Gasteiger partial charge < -0.3 is 15.5 Å². The predicted molar refractivity (Wildman–Crippen MR) is 120 cm³/mol. The molecule has 0 radical (unpaired) electrons. The zero-order valence-electron chi connectivity index (χ0n) is 17.5. The van der Waals surface area contributed by atoms with Crippen LogP contribution in [-0.2, 0) is 16.1 Å². The fourth-order valence-electron chi connectivity index (χ4n) is 3.62. The number of rotatable bonds is 6. The van der Waals surface area contributed by atoms with Crippen LogP contribution in [0.25, 0.3) is 10.3 Å². The molecule has 0 aliphatic carbocycles. The van der Waals surface area contributed by atoms with Gasteiger partial charge in [-0.1, -0.05) is 11.3 Å². The summed E-state index contributed by atoms with van der Waals surface area (Å²) in [6, 6.07) is 5.38. The van der Waals surface area contributed by atoms with Crippen LogP contribution in [-0.4, -0.2) is 46.0 Å². The molecule has 3 aromatic rings. The van der Waals surface area contributed by atoms with Crippen LogP contribution in [0.2, 0.25) is 0 Å². The van der Waals surface area contributed by atoms with E-state index in [0.717, 1.165) is 12.8 Å². The molecule has 3 heterocycles. The van der Waals surface area contributed by atoms with Crippen molar-refractivity contribution in [2.75, 3.05) is 29.9 Å². The van der Waals surface area contributed by atoms with E-state index in [1.165, 1.54) is 46.5 Å². The standard InChI is InChI=1S/C21H23FN6O3S/c1-2-23-19(30)13-7-9-27(10-8-13)21-26-18-17(32-21)20(31)28(12-24-18)11-16(29)25-15-5-3-14(22)4-6-15/h3-6,12-13H,2,7-11H2,1H3,(H,23,30)(H,25,29). The van der Waals surface area contributed by atoms with Crippen LogP contribution >= 0.6 is 11.3 Å². The van der Waals surface area contributed by atoms with Crippen LogP contribution in [0.3, 0.4) is 0 Å². The van der Waals surface area contributed by atoms with Gasteiger partial charge in [0.2, 0.25) is 11.8 Å². The number of nitrogens with zero attached hydrogens (tertiary/aromatic N) is 4. The van der Waals surface area contributed by atoms with E-state index in [4.69, 9.17) is 0 Å². The zero-order chi connectivity index (χ0) is 22.7. The summed E-state index contributed by atoms with van der Waals surface area (Å²) in [6.45, 7) is 3.66. The molecular weight excluding hydrogens is 435 g/mol. The Hall–Kier alpha value is -3.34. The highest BCUT2D eigenvalue weighted by Crippen LogP contribution is 2.29. The molecule has 32 heavy (non-hydrogen) atoms. The van der Waals surface area contributed by atoms with E-state index < -0.39 is 11.7 Å². The van der Waals surface area contributed by atoms with Crippen molar-refractivity contribution in [3.63, 3.8) is 0 Å². The lowest BCUT2D eigenvalue weighted by Gasteiger charge is -2.30. The van der Waals surface area contributed by atoms with Crippen LogP contribution < -0.4 is 21.1 Å². The van der Waals surface area contributed by atoms with Crippen molar-refractivity contribution in [3.8, 4) is 0 Å². The topological polar surface area (TPSA) is 109 Å². The summed E-state index contributed by atoms with van der Waals surface area (Å²) >= 11 is 1.24. The van der Waals surface area contributed by atoms with Crippen LogP contribution in [0, 0.1) is 11.7 Å². The maximum atomic E-state index is 13.0. The fraction of sp³-hybridized carbons (Fsp3) is 0.381. The molecule has 1 aliphatic rings. The number of hydrogen-bond donors (Lipinski definition) is 2. The molecule has 2 aromatic heterocycles. The maximum absolute atomic E-state index is 13.0. The number of halogens is 1. The number of carbonyl (C=O) groups excluding carboxylic acids is 2. The molecule has 2 N–H and O–H groups in total. The molecule has 2 amide bonds. The Kier molecular flexibility index (Phi) is 6.45. The van der Waals surface area contributed by atoms with Gasteiger partial charge in [-0.15, -0.1) is 0 Å². The summed E-state index contributed by atoms with van der Waals surface area (Å²) in [5.41, 5.74) is 0.441. The second-order valence-electron chi connectivity index (χ2n) is 7.54. The highest BCUT2D eigenvalue weighted by molar-refractivity contribution is 7.22. The first-order chi connectivity index (χ1) is 15.4. The first kappa shape index (κ1) is 21.9. The van der Waals surface area contributed by atoms with Crippen molar-refractivity contribution in [2.24, 2.45) is 5.92 Å². The molecule has 4 rings (SSSR count). The third kappa shape index (κ3) is 4.77. The molecule has 0 spiro atoms. The number of amides is 2. The monoisotopic (exact) mass is 458 g/mol. The molecule has 168 valence electrons. The highest BCUT2D eigenvalue weighted by atomic mass is 32.1. The minimum absolute atomic E-state index is 0.00412. The number of aromatic nitrogens is 3. The van der Waals surface area contributed by atoms with Gasteiger partial charge in [-0.05, 0) is 44.0 Å². The maximum Gasteiger partial charge on any atom is 0.273 e. The van der Waals surface area contributed by atoms with Gasteiger partial charge in [-0.2, -0.15) is 4.98 Å². The molecule has 1 saturated heterocycles. The Balaban J connectivity index is 1.44. The first-order valence-corrected chi connectivity index (χ1v) is 11.2. The molecule has 9 nitrogen and oxygen atoms in total. The van der Waals surface area contributed by atoms with Gasteiger partial charge in [0, 0.05) is 31.2 Å². The molecular formula is C21H23FN6O3S. The Bertz CT molecular complexity index is 1180. The molecule has 1 fully saturated rings. The van der Waals surface area contributed by atoms with Gasteiger partial charge in [0.05, 0.1) is 0 Å². The first-order valence-electron chi connectivity index (χ1n) is 10.4.